The predicted octanol–water partition coefficient (Wildman–Crippen LogP) is -0.162. The van der Waals surface area contributed by atoms with Crippen molar-refractivity contribution in [2.45, 2.75) is 26.4 Å². The first-order valence-electron chi connectivity index (χ1n) is 7.34. The van der Waals surface area contributed by atoms with Crippen molar-refractivity contribution < 1.29 is 29.3 Å². The molecule has 8 nitrogen and oxygen atoms in total. The third kappa shape index (κ3) is 5.64. The van der Waals surface area contributed by atoms with Crippen molar-refractivity contribution in [3.05, 3.63) is 29.8 Å². The lowest BCUT2D eigenvalue weighted by molar-refractivity contribution is -0.139. The van der Waals surface area contributed by atoms with Crippen LogP contribution >= 0.6 is 0 Å². The largest absolute Gasteiger partial charge is 0.399 e. The van der Waals surface area contributed by atoms with Crippen molar-refractivity contribution in [3.8, 4) is 0 Å². The fraction of sp³-hybridized carbons (Fsp3) is 0.438. The van der Waals surface area contributed by atoms with Crippen LogP contribution in [0.15, 0.2) is 24.3 Å². The first-order chi connectivity index (χ1) is 11.2. The molecule has 1 aromatic carbocycles. The Morgan fingerprint density at radius 1 is 1.25 bits per heavy atom. The number of rotatable bonds is 7. The van der Waals surface area contributed by atoms with Gasteiger partial charge in [-0.2, -0.15) is 0 Å². The lowest BCUT2D eigenvalue weighted by atomic mass is 9.87. The Labute approximate surface area is 139 Å². The summed E-state index contributed by atoms with van der Waals surface area (Å²) >= 11 is 0. The number of carbonyl (C=O) groups excluding carboxylic acids is 3. The Bertz CT molecular complexity index is 597. The highest BCUT2D eigenvalue weighted by Gasteiger charge is 2.32. The predicted molar refractivity (Wildman–Crippen MR) is 85.8 cm³/mol. The molecule has 1 aromatic rings. The van der Waals surface area contributed by atoms with E-state index in [1.54, 1.807) is 0 Å². The van der Waals surface area contributed by atoms with E-state index < -0.39 is 29.4 Å². The van der Waals surface area contributed by atoms with Gasteiger partial charge in [-0.3, -0.25) is 9.59 Å². The highest BCUT2D eigenvalue weighted by atomic mass is 16.6. The summed E-state index contributed by atoms with van der Waals surface area (Å²) in [6.07, 6.45) is -1.66. The van der Waals surface area contributed by atoms with Gasteiger partial charge >= 0.3 is 11.9 Å². The number of hydrogen-bond donors (Lipinski definition) is 4. The van der Waals surface area contributed by atoms with E-state index in [4.69, 9.17) is 10.8 Å². The Balaban J connectivity index is 2.40. The van der Waals surface area contributed by atoms with Crippen molar-refractivity contribution in [1.82, 2.24) is 5.32 Å². The van der Waals surface area contributed by atoms with E-state index in [1.807, 2.05) is 0 Å². The summed E-state index contributed by atoms with van der Waals surface area (Å²) < 4.78 is 4.63. The van der Waals surface area contributed by atoms with Gasteiger partial charge in [-0.05, 0) is 24.3 Å². The van der Waals surface area contributed by atoms with Crippen molar-refractivity contribution >= 4 is 23.5 Å². The first-order valence-corrected chi connectivity index (χ1v) is 7.34. The van der Waals surface area contributed by atoms with E-state index in [0.29, 0.717) is 5.69 Å². The second-order valence-electron chi connectivity index (χ2n) is 5.97. The van der Waals surface area contributed by atoms with Crippen LogP contribution in [-0.2, 0) is 14.3 Å². The molecule has 5 N–H and O–H groups in total. The number of ether oxygens (including phenoxy) is 1. The number of aliphatic hydroxyl groups excluding tert-OH is 2. The van der Waals surface area contributed by atoms with Gasteiger partial charge in [0.25, 0.3) is 0 Å². The second kappa shape index (κ2) is 8.42. The molecule has 0 spiro atoms. The molecule has 8 heteroatoms. The topological polar surface area (TPSA) is 139 Å². The monoisotopic (exact) mass is 338 g/mol. The number of carbonyl (C=O) groups is 3. The van der Waals surface area contributed by atoms with Gasteiger partial charge in [0, 0.05) is 17.6 Å². The van der Waals surface area contributed by atoms with Crippen LogP contribution in [0.4, 0.5) is 5.69 Å². The summed E-state index contributed by atoms with van der Waals surface area (Å²) in [5.41, 5.74) is 5.15. The molecule has 0 aliphatic carbocycles. The van der Waals surface area contributed by atoms with Gasteiger partial charge in [0.1, 0.15) is 6.10 Å². The SMILES string of the molecule is CC(C)(CO)[C@@H](O)C(=O)NCCC(=O)OC(=O)c1ccc(N)cc1. The maximum atomic E-state index is 11.7. The first kappa shape index (κ1) is 19.6. The average molecular weight is 338 g/mol. The van der Waals surface area contributed by atoms with Gasteiger partial charge in [0.05, 0.1) is 18.6 Å². The number of esters is 2. The molecule has 0 fully saturated rings. The molecular weight excluding hydrogens is 316 g/mol. The fourth-order valence-electron chi connectivity index (χ4n) is 1.66. The van der Waals surface area contributed by atoms with Crippen LogP contribution in [0.5, 0.6) is 0 Å². The average Bonchev–Trinajstić information content (AvgIpc) is 2.54. The van der Waals surface area contributed by atoms with Crippen molar-refractivity contribution in [2.24, 2.45) is 5.41 Å². The van der Waals surface area contributed by atoms with E-state index in [0.717, 1.165) is 0 Å². The quantitative estimate of drug-likeness (QED) is 0.308. The molecule has 0 radical (unpaired) electrons. The molecule has 1 atom stereocenters. The van der Waals surface area contributed by atoms with Gasteiger partial charge in [-0.25, -0.2) is 4.79 Å². The van der Waals surface area contributed by atoms with Crippen molar-refractivity contribution in [3.63, 3.8) is 0 Å². The summed E-state index contributed by atoms with van der Waals surface area (Å²) in [5, 5.41) is 21.2. The van der Waals surface area contributed by atoms with Crippen LogP contribution in [0.3, 0.4) is 0 Å². The summed E-state index contributed by atoms with van der Waals surface area (Å²) in [6.45, 7) is 2.57. The number of aliphatic hydroxyl groups is 2. The molecule has 0 unspecified atom stereocenters. The van der Waals surface area contributed by atoms with Crippen LogP contribution in [0.1, 0.15) is 30.6 Å². The number of amides is 1. The number of benzene rings is 1. The molecule has 0 saturated carbocycles. The van der Waals surface area contributed by atoms with Crippen molar-refractivity contribution in [1.29, 1.82) is 0 Å². The maximum Gasteiger partial charge on any atom is 0.345 e. The Kier molecular flexibility index (Phi) is 6.87. The fourth-order valence-corrected chi connectivity index (χ4v) is 1.66. The molecule has 0 bridgehead atoms. The number of nitrogens with one attached hydrogen (secondary N) is 1. The van der Waals surface area contributed by atoms with E-state index in [9.17, 15) is 19.5 Å². The molecule has 0 aliphatic rings. The Morgan fingerprint density at radius 3 is 2.38 bits per heavy atom. The zero-order valence-electron chi connectivity index (χ0n) is 13.6. The third-order valence-corrected chi connectivity index (χ3v) is 3.38. The van der Waals surface area contributed by atoms with E-state index in [-0.39, 0.29) is 25.1 Å². The van der Waals surface area contributed by atoms with Gasteiger partial charge in [0.2, 0.25) is 5.91 Å². The van der Waals surface area contributed by atoms with E-state index in [2.05, 4.69) is 10.1 Å². The lowest BCUT2D eigenvalue weighted by Crippen LogP contribution is -2.46. The highest BCUT2D eigenvalue weighted by Crippen LogP contribution is 2.19. The number of anilines is 1. The summed E-state index contributed by atoms with van der Waals surface area (Å²) in [6, 6.07) is 5.87. The number of nitrogen functional groups attached to an aromatic ring is 1. The number of hydrogen-bond acceptors (Lipinski definition) is 7. The van der Waals surface area contributed by atoms with Crippen LogP contribution < -0.4 is 11.1 Å². The Hall–Kier alpha value is -2.45. The number of nitrogens with two attached hydrogens (primary N) is 1. The lowest BCUT2D eigenvalue weighted by Gasteiger charge is -2.27. The van der Waals surface area contributed by atoms with E-state index >= 15 is 0 Å². The minimum atomic E-state index is -1.42. The summed E-state index contributed by atoms with van der Waals surface area (Å²) in [4.78, 5) is 35.0. The standard InChI is InChI=1S/C16H22N2O6/c1-16(2,9-19)13(21)14(22)18-8-7-12(20)24-15(23)10-3-5-11(17)6-4-10/h3-6,13,19,21H,7-9,17H2,1-2H3,(H,18,22)/t13-/m0/s1. The molecule has 0 heterocycles. The van der Waals surface area contributed by atoms with Gasteiger partial charge in [0.15, 0.2) is 0 Å². The molecule has 0 aliphatic heterocycles. The molecule has 24 heavy (non-hydrogen) atoms. The maximum absolute atomic E-state index is 11.7. The zero-order valence-corrected chi connectivity index (χ0v) is 13.6. The molecular formula is C16H22N2O6. The van der Waals surface area contributed by atoms with Gasteiger partial charge < -0.3 is 26.0 Å². The zero-order chi connectivity index (χ0) is 18.3. The normalized spacial score (nSPS) is 12.3. The minimum Gasteiger partial charge on any atom is -0.399 e. The van der Waals surface area contributed by atoms with E-state index in [1.165, 1.54) is 38.1 Å². The molecule has 132 valence electrons. The van der Waals surface area contributed by atoms with Crippen molar-refractivity contribution in [2.75, 3.05) is 18.9 Å². The molecule has 0 aromatic heterocycles. The van der Waals surface area contributed by atoms with Crippen LogP contribution in [0.2, 0.25) is 0 Å². The minimum absolute atomic E-state index is 0.106. The Morgan fingerprint density at radius 2 is 1.83 bits per heavy atom. The second-order valence-corrected chi connectivity index (χ2v) is 5.97. The molecule has 1 rings (SSSR count). The smallest absolute Gasteiger partial charge is 0.345 e. The summed E-state index contributed by atoms with van der Waals surface area (Å²) in [5.74, 6) is -2.34. The molecule has 1 amide bonds. The van der Waals surface area contributed by atoms with Crippen LogP contribution in [0.25, 0.3) is 0 Å². The van der Waals surface area contributed by atoms with Gasteiger partial charge in [-0.1, -0.05) is 13.8 Å². The van der Waals surface area contributed by atoms with Crippen LogP contribution in [-0.4, -0.2) is 47.3 Å². The summed E-state index contributed by atoms with van der Waals surface area (Å²) in [7, 11) is 0. The van der Waals surface area contributed by atoms with Crippen LogP contribution in [0, 0.1) is 5.41 Å². The third-order valence-electron chi connectivity index (χ3n) is 3.38. The molecule has 0 saturated heterocycles. The van der Waals surface area contributed by atoms with Gasteiger partial charge in [-0.15, -0.1) is 0 Å². The highest BCUT2D eigenvalue weighted by molar-refractivity contribution is 5.97.